The van der Waals surface area contributed by atoms with E-state index in [-0.39, 0.29) is 0 Å². The molecule has 122 valence electrons. The quantitative estimate of drug-likeness (QED) is 0.907. The molecule has 1 aromatic carbocycles. The maximum Gasteiger partial charge on any atom is 0.416 e. The van der Waals surface area contributed by atoms with Crippen LogP contribution < -0.4 is 14.8 Å². The molecule has 1 aromatic heterocycles. The zero-order chi connectivity index (χ0) is 16.3. The van der Waals surface area contributed by atoms with Gasteiger partial charge in [-0.3, -0.25) is 4.90 Å². The molecule has 0 saturated carbocycles. The number of aromatic nitrogens is 1. The first kappa shape index (κ1) is 15.8. The van der Waals surface area contributed by atoms with Crippen LogP contribution in [0.2, 0.25) is 0 Å². The fourth-order valence-electron chi connectivity index (χ4n) is 3.04. The predicted octanol–water partition coefficient (Wildman–Crippen LogP) is 1.42. The minimum absolute atomic E-state index is 0.384. The summed E-state index contributed by atoms with van der Waals surface area (Å²) in [6.07, 6.45) is -2.40. The van der Waals surface area contributed by atoms with Gasteiger partial charge in [0.2, 0.25) is 0 Å². The molecule has 1 aliphatic rings. The van der Waals surface area contributed by atoms with Crippen molar-refractivity contribution in [2.24, 2.45) is 0 Å². The summed E-state index contributed by atoms with van der Waals surface area (Å²) in [4.78, 5) is 6.62. The Morgan fingerprint density at radius 3 is 2.35 bits per heavy atom. The zero-order valence-electron chi connectivity index (χ0n) is 12.7. The summed E-state index contributed by atoms with van der Waals surface area (Å²) in [5.41, 5.74) is -0.124. The number of halogens is 3. The highest BCUT2D eigenvalue weighted by Gasteiger charge is 2.34. The smallest absolute Gasteiger partial charge is 0.325 e. The van der Waals surface area contributed by atoms with E-state index in [0.717, 1.165) is 32.0 Å². The van der Waals surface area contributed by atoms with Crippen LogP contribution in [-0.2, 0) is 12.7 Å². The standard InChI is InChI=1S/C17H18F3N3/c18-17(19,20)15-6-2-1-5-14(15)13-22-9-11-23(12-10-22)16-7-3-4-8-21-16/h1-8H,9-13H2/p+2. The Morgan fingerprint density at radius 2 is 1.70 bits per heavy atom. The van der Waals surface area contributed by atoms with Crippen molar-refractivity contribution in [1.29, 1.82) is 0 Å². The number of piperazine rings is 1. The van der Waals surface area contributed by atoms with Gasteiger partial charge in [-0.05, 0) is 12.1 Å². The van der Waals surface area contributed by atoms with Gasteiger partial charge in [0.25, 0.3) is 5.82 Å². The number of nitrogens with zero attached hydrogens (tertiary/aromatic N) is 1. The van der Waals surface area contributed by atoms with Crippen molar-refractivity contribution in [3.05, 3.63) is 59.8 Å². The maximum atomic E-state index is 13.1. The summed E-state index contributed by atoms with van der Waals surface area (Å²) in [5, 5.41) is 0. The summed E-state index contributed by atoms with van der Waals surface area (Å²) in [7, 11) is 0. The summed E-state index contributed by atoms with van der Waals surface area (Å²) in [6.45, 7) is 3.75. The van der Waals surface area contributed by atoms with E-state index in [2.05, 4.69) is 9.88 Å². The van der Waals surface area contributed by atoms with Crippen LogP contribution in [0, 0.1) is 0 Å². The minimum atomic E-state index is -4.28. The number of quaternary nitrogens is 1. The average molecular weight is 323 g/mol. The van der Waals surface area contributed by atoms with Gasteiger partial charge in [-0.15, -0.1) is 0 Å². The van der Waals surface area contributed by atoms with E-state index >= 15 is 0 Å². The molecule has 3 nitrogen and oxygen atoms in total. The van der Waals surface area contributed by atoms with Crippen LogP contribution in [0.1, 0.15) is 11.1 Å². The molecule has 1 saturated heterocycles. The Kier molecular flexibility index (Phi) is 4.52. The Labute approximate surface area is 133 Å². The van der Waals surface area contributed by atoms with Crippen molar-refractivity contribution in [3.63, 3.8) is 0 Å². The molecular formula is C17H20F3N3+2. The van der Waals surface area contributed by atoms with Gasteiger partial charge in [0, 0.05) is 11.6 Å². The lowest BCUT2D eigenvalue weighted by atomic mass is 10.1. The van der Waals surface area contributed by atoms with E-state index in [1.54, 1.807) is 12.1 Å². The summed E-state index contributed by atoms with van der Waals surface area (Å²) in [6, 6.07) is 11.8. The van der Waals surface area contributed by atoms with Gasteiger partial charge >= 0.3 is 6.18 Å². The van der Waals surface area contributed by atoms with Crippen LogP contribution in [0.4, 0.5) is 19.0 Å². The minimum Gasteiger partial charge on any atom is -0.325 e. The molecule has 6 heteroatoms. The topological polar surface area (TPSA) is 21.8 Å². The number of H-pyrrole nitrogens is 1. The normalized spacial score (nSPS) is 16.6. The first-order chi connectivity index (χ1) is 11.0. The Morgan fingerprint density at radius 1 is 1.00 bits per heavy atom. The zero-order valence-corrected chi connectivity index (χ0v) is 12.7. The van der Waals surface area contributed by atoms with Crippen LogP contribution in [0.5, 0.6) is 0 Å². The van der Waals surface area contributed by atoms with Gasteiger partial charge in [0.15, 0.2) is 0 Å². The van der Waals surface area contributed by atoms with Crippen molar-refractivity contribution in [2.45, 2.75) is 12.7 Å². The Hall–Kier alpha value is -2.08. The summed E-state index contributed by atoms with van der Waals surface area (Å²) < 4.78 is 39.2. The molecule has 23 heavy (non-hydrogen) atoms. The third-order valence-electron chi connectivity index (χ3n) is 4.27. The number of anilines is 1. The Bertz CT molecular complexity index is 635. The fraction of sp³-hybridized carbons (Fsp3) is 0.353. The number of aromatic amines is 1. The molecule has 0 radical (unpaired) electrons. The molecule has 2 aromatic rings. The second kappa shape index (κ2) is 6.58. The van der Waals surface area contributed by atoms with Gasteiger partial charge in [0.05, 0.1) is 11.8 Å². The van der Waals surface area contributed by atoms with Crippen LogP contribution in [0.25, 0.3) is 0 Å². The van der Waals surface area contributed by atoms with E-state index in [4.69, 9.17) is 0 Å². The van der Waals surface area contributed by atoms with Crippen molar-refractivity contribution >= 4 is 5.82 Å². The second-order valence-electron chi connectivity index (χ2n) is 5.82. The third-order valence-corrected chi connectivity index (χ3v) is 4.27. The van der Waals surface area contributed by atoms with Gasteiger partial charge < -0.3 is 4.90 Å². The van der Waals surface area contributed by atoms with E-state index in [1.165, 1.54) is 17.0 Å². The van der Waals surface area contributed by atoms with Crippen molar-refractivity contribution in [3.8, 4) is 0 Å². The molecule has 2 N–H and O–H groups in total. The van der Waals surface area contributed by atoms with Crippen LogP contribution in [0.15, 0.2) is 48.7 Å². The number of rotatable bonds is 3. The lowest BCUT2D eigenvalue weighted by molar-refractivity contribution is -0.914. The highest BCUT2D eigenvalue weighted by molar-refractivity contribution is 5.32. The molecule has 0 bridgehead atoms. The van der Waals surface area contributed by atoms with Crippen LogP contribution in [-0.4, -0.2) is 26.2 Å². The number of hydrogen-bond donors (Lipinski definition) is 1. The van der Waals surface area contributed by atoms with Gasteiger partial charge in [-0.25, -0.2) is 4.98 Å². The number of nitrogens with one attached hydrogen (secondary N) is 2. The monoisotopic (exact) mass is 323 g/mol. The maximum absolute atomic E-state index is 13.1. The number of benzene rings is 1. The molecule has 0 spiro atoms. The van der Waals surface area contributed by atoms with Crippen LogP contribution >= 0.6 is 0 Å². The van der Waals surface area contributed by atoms with Crippen molar-refractivity contribution < 1.29 is 23.1 Å². The number of pyridine rings is 1. The van der Waals surface area contributed by atoms with E-state index in [1.807, 2.05) is 24.4 Å². The number of alkyl halides is 3. The lowest BCUT2D eigenvalue weighted by Crippen LogP contribution is -3.13. The highest BCUT2D eigenvalue weighted by Crippen LogP contribution is 2.31. The molecule has 1 fully saturated rings. The SMILES string of the molecule is FC(F)(F)c1ccccc1C[NH+]1CCN(c2cccc[nH+]2)CC1. The predicted molar refractivity (Wildman–Crippen MR) is 81.1 cm³/mol. The molecule has 0 amide bonds. The second-order valence-corrected chi connectivity index (χ2v) is 5.82. The van der Waals surface area contributed by atoms with Crippen molar-refractivity contribution in [1.82, 2.24) is 0 Å². The first-order valence-electron chi connectivity index (χ1n) is 7.74. The largest absolute Gasteiger partial charge is 0.416 e. The third kappa shape index (κ3) is 3.82. The van der Waals surface area contributed by atoms with E-state index in [9.17, 15) is 13.2 Å². The summed E-state index contributed by atoms with van der Waals surface area (Å²) in [5.74, 6) is 1.06. The average Bonchev–Trinajstić information content (AvgIpc) is 2.56. The van der Waals surface area contributed by atoms with Gasteiger partial charge in [-0.2, -0.15) is 13.2 Å². The molecule has 0 unspecified atom stereocenters. The molecule has 0 atom stereocenters. The van der Waals surface area contributed by atoms with Gasteiger partial charge in [0.1, 0.15) is 32.7 Å². The van der Waals surface area contributed by atoms with E-state index < -0.39 is 11.7 Å². The lowest BCUT2D eigenvalue weighted by Gasteiger charge is -2.29. The highest BCUT2D eigenvalue weighted by atomic mass is 19.4. The molecule has 1 aliphatic heterocycles. The molecule has 3 rings (SSSR count). The molecule has 0 aliphatic carbocycles. The van der Waals surface area contributed by atoms with Gasteiger partial charge in [-0.1, -0.05) is 24.3 Å². The first-order valence-corrected chi connectivity index (χ1v) is 7.74. The Balaban J connectivity index is 1.64. The number of hydrogen-bond acceptors (Lipinski definition) is 1. The summed E-state index contributed by atoms with van der Waals surface area (Å²) >= 11 is 0. The van der Waals surface area contributed by atoms with Crippen molar-refractivity contribution in [2.75, 3.05) is 31.1 Å². The fourth-order valence-corrected chi connectivity index (χ4v) is 3.04. The molecule has 2 heterocycles. The van der Waals surface area contributed by atoms with E-state index in [0.29, 0.717) is 12.1 Å². The van der Waals surface area contributed by atoms with Crippen LogP contribution in [0.3, 0.4) is 0 Å². The molecular weight excluding hydrogens is 303 g/mol.